The number of carbonyl (C=O) groups is 1. The Morgan fingerprint density at radius 1 is 1.29 bits per heavy atom. The summed E-state index contributed by atoms with van der Waals surface area (Å²) in [4.78, 5) is 12.0. The standard InChI is InChI=1S/C17H19NO3/c1-13(2)12-21-15-7-5-14(6-8-15)17(19)11-18-10-16-4-3-9-20-16/h3-9,18H,1,10-12H2,2H3. The van der Waals surface area contributed by atoms with Crippen LogP contribution in [0.1, 0.15) is 23.0 Å². The van der Waals surface area contributed by atoms with Gasteiger partial charge in [-0.05, 0) is 48.9 Å². The van der Waals surface area contributed by atoms with Gasteiger partial charge in [-0.3, -0.25) is 4.79 Å². The molecule has 21 heavy (non-hydrogen) atoms. The number of benzene rings is 1. The van der Waals surface area contributed by atoms with E-state index in [1.807, 2.05) is 19.1 Å². The number of hydrogen-bond donors (Lipinski definition) is 1. The fourth-order valence-corrected chi connectivity index (χ4v) is 1.76. The SMILES string of the molecule is C=C(C)COc1ccc(C(=O)CNCc2ccco2)cc1. The van der Waals surface area contributed by atoms with E-state index < -0.39 is 0 Å². The Kier molecular flexibility index (Phi) is 5.35. The molecule has 2 rings (SSSR count). The van der Waals surface area contributed by atoms with Crippen LogP contribution in [0.5, 0.6) is 5.75 Å². The minimum absolute atomic E-state index is 0.0352. The molecule has 1 heterocycles. The highest BCUT2D eigenvalue weighted by atomic mass is 16.5. The van der Waals surface area contributed by atoms with E-state index in [1.165, 1.54) is 0 Å². The van der Waals surface area contributed by atoms with Crippen LogP contribution in [0.15, 0.2) is 59.2 Å². The second kappa shape index (κ2) is 7.45. The fourth-order valence-electron chi connectivity index (χ4n) is 1.76. The van der Waals surface area contributed by atoms with Gasteiger partial charge in [-0.25, -0.2) is 0 Å². The molecule has 0 radical (unpaired) electrons. The number of Topliss-reactive ketones (excluding diaryl/α,β-unsaturated/α-hetero) is 1. The molecule has 1 aromatic carbocycles. The number of nitrogens with one attached hydrogen (secondary N) is 1. The van der Waals surface area contributed by atoms with Crippen LogP contribution in [-0.2, 0) is 6.54 Å². The van der Waals surface area contributed by atoms with Crippen LogP contribution in [0.3, 0.4) is 0 Å². The summed E-state index contributed by atoms with van der Waals surface area (Å²) in [6.07, 6.45) is 1.61. The van der Waals surface area contributed by atoms with Crippen molar-refractivity contribution in [3.63, 3.8) is 0 Å². The molecule has 0 bridgehead atoms. The van der Waals surface area contributed by atoms with Gasteiger partial charge in [-0.2, -0.15) is 0 Å². The molecule has 0 saturated carbocycles. The van der Waals surface area contributed by atoms with E-state index in [0.717, 1.165) is 17.1 Å². The molecule has 4 heteroatoms. The predicted octanol–water partition coefficient (Wildman–Crippen LogP) is 3.21. The van der Waals surface area contributed by atoms with E-state index in [1.54, 1.807) is 30.5 Å². The monoisotopic (exact) mass is 285 g/mol. The zero-order valence-electron chi connectivity index (χ0n) is 12.1. The van der Waals surface area contributed by atoms with Crippen molar-refractivity contribution >= 4 is 5.78 Å². The molecule has 0 fully saturated rings. The maximum atomic E-state index is 12.0. The third-order valence-corrected chi connectivity index (χ3v) is 2.83. The fraction of sp³-hybridized carbons (Fsp3) is 0.235. The molecule has 2 aromatic rings. The van der Waals surface area contributed by atoms with Crippen LogP contribution in [0, 0.1) is 0 Å². The van der Waals surface area contributed by atoms with Gasteiger partial charge in [0.25, 0.3) is 0 Å². The molecule has 0 atom stereocenters. The molecular formula is C17H19NO3. The first-order chi connectivity index (χ1) is 10.1. The Hall–Kier alpha value is -2.33. The molecule has 4 nitrogen and oxygen atoms in total. The molecule has 0 amide bonds. The van der Waals surface area contributed by atoms with Crippen LogP contribution in [-0.4, -0.2) is 18.9 Å². The molecular weight excluding hydrogens is 266 g/mol. The van der Waals surface area contributed by atoms with Gasteiger partial charge in [0, 0.05) is 5.56 Å². The lowest BCUT2D eigenvalue weighted by Gasteiger charge is -2.07. The quantitative estimate of drug-likeness (QED) is 0.597. The number of carbonyl (C=O) groups excluding carboxylic acids is 1. The van der Waals surface area contributed by atoms with Gasteiger partial charge in [0.05, 0.1) is 19.4 Å². The highest BCUT2D eigenvalue weighted by Gasteiger charge is 2.06. The summed E-state index contributed by atoms with van der Waals surface area (Å²) in [7, 11) is 0. The molecule has 1 N–H and O–H groups in total. The lowest BCUT2D eigenvalue weighted by Crippen LogP contribution is -2.22. The van der Waals surface area contributed by atoms with E-state index in [-0.39, 0.29) is 12.3 Å². The minimum atomic E-state index is 0.0352. The lowest BCUT2D eigenvalue weighted by molar-refractivity contribution is 0.0990. The molecule has 0 aliphatic rings. The van der Waals surface area contributed by atoms with Crippen molar-refractivity contribution < 1.29 is 13.9 Å². The largest absolute Gasteiger partial charge is 0.489 e. The first-order valence-electron chi connectivity index (χ1n) is 6.78. The Labute approximate surface area is 124 Å². The Balaban J connectivity index is 1.80. The van der Waals surface area contributed by atoms with E-state index in [9.17, 15) is 4.79 Å². The average molecular weight is 285 g/mol. The van der Waals surface area contributed by atoms with Crippen molar-refractivity contribution in [1.82, 2.24) is 5.32 Å². The predicted molar refractivity (Wildman–Crippen MR) is 81.5 cm³/mol. The first kappa shape index (κ1) is 15.1. The van der Waals surface area contributed by atoms with Crippen molar-refractivity contribution in [2.45, 2.75) is 13.5 Å². The normalized spacial score (nSPS) is 10.3. The van der Waals surface area contributed by atoms with Gasteiger partial charge in [-0.15, -0.1) is 0 Å². The molecule has 0 spiro atoms. The number of ketones is 1. The van der Waals surface area contributed by atoms with Crippen molar-refractivity contribution in [2.24, 2.45) is 0 Å². The Bertz CT molecular complexity index is 585. The molecule has 0 aliphatic heterocycles. The van der Waals surface area contributed by atoms with Crippen LogP contribution >= 0.6 is 0 Å². The zero-order chi connectivity index (χ0) is 15.1. The van der Waals surface area contributed by atoms with Gasteiger partial charge in [0.15, 0.2) is 5.78 Å². The molecule has 0 unspecified atom stereocenters. The summed E-state index contributed by atoms with van der Waals surface area (Å²) in [5.74, 6) is 1.58. The highest BCUT2D eigenvalue weighted by Crippen LogP contribution is 2.13. The second-order valence-electron chi connectivity index (χ2n) is 4.88. The maximum absolute atomic E-state index is 12.0. The minimum Gasteiger partial charge on any atom is -0.489 e. The summed E-state index contributed by atoms with van der Waals surface area (Å²) in [6.45, 7) is 6.98. The highest BCUT2D eigenvalue weighted by molar-refractivity contribution is 5.97. The van der Waals surface area contributed by atoms with Crippen molar-refractivity contribution in [2.75, 3.05) is 13.2 Å². The van der Waals surface area contributed by atoms with Crippen molar-refractivity contribution in [3.05, 3.63) is 66.1 Å². The third kappa shape index (κ3) is 4.93. The van der Waals surface area contributed by atoms with E-state index in [4.69, 9.17) is 9.15 Å². The van der Waals surface area contributed by atoms with E-state index in [2.05, 4.69) is 11.9 Å². The van der Waals surface area contributed by atoms with Gasteiger partial charge >= 0.3 is 0 Å². The van der Waals surface area contributed by atoms with E-state index >= 15 is 0 Å². The van der Waals surface area contributed by atoms with Crippen LogP contribution in [0.25, 0.3) is 0 Å². The molecule has 1 aromatic heterocycles. The van der Waals surface area contributed by atoms with Crippen LogP contribution < -0.4 is 10.1 Å². The van der Waals surface area contributed by atoms with Gasteiger partial charge < -0.3 is 14.5 Å². The summed E-state index contributed by atoms with van der Waals surface area (Å²) in [5, 5.41) is 3.05. The van der Waals surface area contributed by atoms with Gasteiger partial charge in [-0.1, -0.05) is 6.58 Å². The van der Waals surface area contributed by atoms with Crippen LogP contribution in [0.4, 0.5) is 0 Å². The Morgan fingerprint density at radius 2 is 2.05 bits per heavy atom. The van der Waals surface area contributed by atoms with Gasteiger partial charge in [0.1, 0.15) is 18.1 Å². The summed E-state index contributed by atoms with van der Waals surface area (Å²) < 4.78 is 10.7. The average Bonchev–Trinajstić information content (AvgIpc) is 2.99. The maximum Gasteiger partial charge on any atom is 0.176 e. The molecule has 0 saturated heterocycles. The van der Waals surface area contributed by atoms with Crippen LogP contribution in [0.2, 0.25) is 0 Å². The topological polar surface area (TPSA) is 51.5 Å². The number of rotatable bonds is 8. The third-order valence-electron chi connectivity index (χ3n) is 2.83. The number of furan rings is 1. The lowest BCUT2D eigenvalue weighted by atomic mass is 10.1. The number of hydrogen-bond acceptors (Lipinski definition) is 4. The second-order valence-corrected chi connectivity index (χ2v) is 4.88. The Morgan fingerprint density at radius 3 is 2.67 bits per heavy atom. The van der Waals surface area contributed by atoms with Crippen molar-refractivity contribution in [1.29, 1.82) is 0 Å². The summed E-state index contributed by atoms with van der Waals surface area (Å²) in [6, 6.07) is 10.8. The zero-order valence-corrected chi connectivity index (χ0v) is 12.1. The van der Waals surface area contributed by atoms with Crippen molar-refractivity contribution in [3.8, 4) is 5.75 Å². The molecule has 0 aliphatic carbocycles. The number of ether oxygens (including phenoxy) is 1. The van der Waals surface area contributed by atoms with Gasteiger partial charge in [0.2, 0.25) is 0 Å². The smallest absolute Gasteiger partial charge is 0.176 e. The molecule has 110 valence electrons. The van der Waals surface area contributed by atoms with E-state index in [0.29, 0.717) is 18.7 Å². The summed E-state index contributed by atoms with van der Waals surface area (Å²) in [5.41, 5.74) is 1.61. The first-order valence-corrected chi connectivity index (χ1v) is 6.78. The summed E-state index contributed by atoms with van der Waals surface area (Å²) >= 11 is 0.